The van der Waals surface area contributed by atoms with Crippen LogP contribution in [0.4, 0.5) is 0 Å². The van der Waals surface area contributed by atoms with Gasteiger partial charge in [-0.05, 0) is 103 Å². The Morgan fingerprint density at radius 1 is 0.345 bits per heavy atom. The second-order valence-electron chi connectivity index (χ2n) is 23.7. The van der Waals surface area contributed by atoms with E-state index in [0.29, 0.717) is 6.42 Å². The maximum Gasteiger partial charge on any atom is 0.472 e. The molecule has 0 aromatic rings. The summed E-state index contributed by atoms with van der Waals surface area (Å²) in [5.74, 6) is -0.827. The lowest BCUT2D eigenvalue weighted by molar-refractivity contribution is -0.161. The molecule has 10 heteroatoms. The van der Waals surface area contributed by atoms with Crippen LogP contribution in [0.3, 0.4) is 0 Å². The highest BCUT2D eigenvalue weighted by Crippen LogP contribution is 2.43. The number of rotatable bonds is 67. The minimum absolute atomic E-state index is 0.0496. The van der Waals surface area contributed by atoms with Crippen molar-refractivity contribution in [3.8, 4) is 0 Å². The van der Waals surface area contributed by atoms with E-state index in [-0.39, 0.29) is 38.6 Å². The number of nitrogens with two attached hydrogens (primary N) is 1. The van der Waals surface area contributed by atoms with Gasteiger partial charge >= 0.3 is 19.8 Å². The van der Waals surface area contributed by atoms with Crippen molar-refractivity contribution in [1.82, 2.24) is 0 Å². The molecule has 0 aliphatic carbocycles. The molecule has 0 bridgehead atoms. The zero-order valence-corrected chi connectivity index (χ0v) is 57.1. The smallest absolute Gasteiger partial charge is 0.462 e. The van der Waals surface area contributed by atoms with Crippen LogP contribution in [0.15, 0.2) is 122 Å². The first-order valence-electron chi connectivity index (χ1n) is 36.0. The predicted molar refractivity (Wildman–Crippen MR) is 376 cm³/mol. The topological polar surface area (TPSA) is 134 Å². The Morgan fingerprint density at radius 2 is 0.598 bits per heavy atom. The van der Waals surface area contributed by atoms with Gasteiger partial charge in [0.25, 0.3) is 0 Å². The number of hydrogen-bond acceptors (Lipinski definition) is 8. The number of carbonyl (C=O) groups excluding carboxylic acids is 2. The van der Waals surface area contributed by atoms with E-state index in [1.165, 1.54) is 173 Å². The summed E-state index contributed by atoms with van der Waals surface area (Å²) >= 11 is 0. The van der Waals surface area contributed by atoms with Crippen LogP contribution in [0.25, 0.3) is 0 Å². The van der Waals surface area contributed by atoms with Crippen LogP contribution >= 0.6 is 7.82 Å². The van der Waals surface area contributed by atoms with Crippen molar-refractivity contribution in [2.24, 2.45) is 5.73 Å². The first-order chi connectivity index (χ1) is 42.8. The average Bonchev–Trinajstić information content (AvgIpc) is 3.65. The zero-order chi connectivity index (χ0) is 63.0. The molecule has 2 atom stereocenters. The lowest BCUT2D eigenvalue weighted by atomic mass is 10.0. The molecule has 0 rings (SSSR count). The molecule has 0 aromatic carbocycles. The SMILES string of the molecule is CC/C=C\C/C=C\C/C=C\C/C=C\C/C=C\CCCCCCCCCCCCCCCCCCCCCCCCCCCC(=O)OC(COC(=O)CCCCCCCCCCC/C=C\C/C=C\C/C=C\C/C=C\C/C=C\CC)COP(=O)(O)OCCN. The fourth-order valence-corrected chi connectivity index (χ4v) is 10.9. The van der Waals surface area contributed by atoms with Gasteiger partial charge in [0.05, 0.1) is 13.2 Å². The number of esters is 2. The van der Waals surface area contributed by atoms with Gasteiger partial charge in [-0.3, -0.25) is 18.6 Å². The Balaban J connectivity index is 3.82. The fourth-order valence-electron chi connectivity index (χ4n) is 10.1. The first-order valence-corrected chi connectivity index (χ1v) is 37.5. The highest BCUT2D eigenvalue weighted by atomic mass is 31.2. The van der Waals surface area contributed by atoms with E-state index in [9.17, 15) is 19.0 Å². The molecule has 0 fully saturated rings. The fraction of sp³-hybridized carbons (Fsp3) is 0.714. The Hall–Kier alpha value is -3.59. The molecule has 0 saturated carbocycles. The molecule has 0 saturated heterocycles. The normalized spacial score (nSPS) is 13.7. The number of carbonyl (C=O) groups is 2. The van der Waals surface area contributed by atoms with Crippen molar-refractivity contribution < 1.29 is 37.6 Å². The van der Waals surface area contributed by atoms with Crippen LogP contribution in [0.5, 0.6) is 0 Å². The van der Waals surface area contributed by atoms with Gasteiger partial charge in [0, 0.05) is 19.4 Å². The van der Waals surface area contributed by atoms with Crippen LogP contribution < -0.4 is 5.73 Å². The van der Waals surface area contributed by atoms with E-state index in [1.54, 1.807) is 0 Å². The van der Waals surface area contributed by atoms with E-state index in [4.69, 9.17) is 24.3 Å². The summed E-state index contributed by atoms with van der Waals surface area (Å²) in [4.78, 5) is 35.4. The predicted octanol–water partition coefficient (Wildman–Crippen LogP) is 23.9. The second-order valence-corrected chi connectivity index (χ2v) is 25.1. The maximum atomic E-state index is 12.8. The summed E-state index contributed by atoms with van der Waals surface area (Å²) in [6.07, 6.45) is 100. The van der Waals surface area contributed by atoms with Crippen molar-refractivity contribution in [2.45, 2.75) is 328 Å². The summed E-state index contributed by atoms with van der Waals surface area (Å²) in [5.41, 5.74) is 5.40. The summed E-state index contributed by atoms with van der Waals surface area (Å²) in [7, 11) is -4.40. The molecule has 9 nitrogen and oxygen atoms in total. The number of phosphoric ester groups is 1. The third-order valence-electron chi connectivity index (χ3n) is 15.3. The number of hydrogen-bond donors (Lipinski definition) is 2. The average molecular weight is 1230 g/mol. The Kier molecular flexibility index (Phi) is 68.5. The largest absolute Gasteiger partial charge is 0.472 e. The van der Waals surface area contributed by atoms with Gasteiger partial charge in [-0.25, -0.2) is 4.57 Å². The third kappa shape index (κ3) is 71.4. The Bertz CT molecular complexity index is 1840. The molecule has 0 spiro atoms. The van der Waals surface area contributed by atoms with Crippen molar-refractivity contribution in [3.05, 3.63) is 122 Å². The molecule has 3 N–H and O–H groups in total. The number of phosphoric acid groups is 1. The van der Waals surface area contributed by atoms with Gasteiger partial charge in [0.2, 0.25) is 0 Å². The number of ether oxygens (including phenoxy) is 2. The van der Waals surface area contributed by atoms with Crippen molar-refractivity contribution in [2.75, 3.05) is 26.4 Å². The summed E-state index contributed by atoms with van der Waals surface area (Å²) in [6, 6.07) is 0. The van der Waals surface area contributed by atoms with Gasteiger partial charge in [-0.15, -0.1) is 0 Å². The standard InChI is InChI=1S/C77H134NO8P/c1-3-5-7-9-11-13-15-17-19-21-23-25-27-29-30-31-32-33-34-35-36-37-38-39-40-41-42-43-44-46-48-50-52-54-56-58-60-62-64-66-68-70-77(80)86-75(74-85-87(81,82)84-72-71-78)73-83-76(79)69-67-65-63-61-59-57-55-53-51-49-47-45-28-26-24-22-20-18-16-14-12-10-8-6-4-2/h5-8,11-14,17-20,23-26,29-30,45,47,75H,3-4,9-10,15-16,21-22,27-28,31-44,46,48-74,78H2,1-2H3,(H,81,82)/b7-5-,8-6-,13-11-,14-12-,19-17-,20-18-,25-23-,26-24-,30-29-,47-45-. The molecular weight excluding hydrogens is 1100 g/mol. The molecule has 87 heavy (non-hydrogen) atoms. The minimum atomic E-state index is -4.40. The molecule has 2 unspecified atom stereocenters. The molecule has 0 radical (unpaired) electrons. The highest BCUT2D eigenvalue weighted by Gasteiger charge is 2.26. The third-order valence-corrected chi connectivity index (χ3v) is 16.3. The van der Waals surface area contributed by atoms with Gasteiger partial charge in [0.1, 0.15) is 6.61 Å². The number of unbranched alkanes of at least 4 members (excludes halogenated alkanes) is 34. The van der Waals surface area contributed by atoms with Gasteiger partial charge < -0.3 is 20.1 Å². The molecule has 500 valence electrons. The molecule has 0 aromatic heterocycles. The van der Waals surface area contributed by atoms with Crippen molar-refractivity contribution >= 4 is 19.8 Å². The van der Waals surface area contributed by atoms with Crippen LogP contribution in [-0.2, 0) is 32.7 Å². The van der Waals surface area contributed by atoms with E-state index in [2.05, 4.69) is 135 Å². The monoisotopic (exact) mass is 1230 g/mol. The lowest BCUT2D eigenvalue weighted by Gasteiger charge is -2.19. The van der Waals surface area contributed by atoms with E-state index in [1.807, 2.05) is 0 Å². The first kappa shape index (κ1) is 83.4. The van der Waals surface area contributed by atoms with Crippen LogP contribution in [-0.4, -0.2) is 49.3 Å². The van der Waals surface area contributed by atoms with Gasteiger partial charge in [0.15, 0.2) is 6.10 Å². The van der Waals surface area contributed by atoms with Crippen LogP contribution in [0, 0.1) is 0 Å². The summed E-state index contributed by atoms with van der Waals surface area (Å²) in [6.45, 7) is 3.54. The van der Waals surface area contributed by atoms with Crippen LogP contribution in [0.2, 0.25) is 0 Å². The summed E-state index contributed by atoms with van der Waals surface area (Å²) in [5, 5.41) is 0. The van der Waals surface area contributed by atoms with Gasteiger partial charge in [-0.2, -0.15) is 0 Å². The zero-order valence-electron chi connectivity index (χ0n) is 56.2. The van der Waals surface area contributed by atoms with E-state index < -0.39 is 26.5 Å². The molecule has 0 amide bonds. The summed E-state index contributed by atoms with van der Waals surface area (Å²) < 4.78 is 33.2. The van der Waals surface area contributed by atoms with Crippen molar-refractivity contribution in [1.29, 1.82) is 0 Å². The quantitative estimate of drug-likeness (QED) is 0.0264. The molecule has 0 aliphatic rings. The Morgan fingerprint density at radius 3 is 0.885 bits per heavy atom. The highest BCUT2D eigenvalue weighted by molar-refractivity contribution is 7.47. The van der Waals surface area contributed by atoms with Crippen molar-refractivity contribution in [3.63, 3.8) is 0 Å². The molecular formula is C77H134NO8P. The second kappa shape index (κ2) is 71.5. The Labute approximate surface area is 536 Å². The van der Waals surface area contributed by atoms with E-state index >= 15 is 0 Å². The lowest BCUT2D eigenvalue weighted by Crippen LogP contribution is -2.29. The van der Waals surface area contributed by atoms with Gasteiger partial charge in [-0.1, -0.05) is 328 Å². The molecule has 0 heterocycles. The maximum absolute atomic E-state index is 12.8. The minimum Gasteiger partial charge on any atom is -0.462 e. The number of allylic oxidation sites excluding steroid dienone is 20. The van der Waals surface area contributed by atoms with E-state index in [0.717, 1.165) is 116 Å². The molecule has 0 aliphatic heterocycles. The van der Waals surface area contributed by atoms with Crippen LogP contribution in [0.1, 0.15) is 322 Å².